The second-order valence-corrected chi connectivity index (χ2v) is 7.44. The first-order valence-corrected chi connectivity index (χ1v) is 8.65. The number of anilines is 1. The lowest BCUT2D eigenvalue weighted by molar-refractivity contribution is 0.600. The minimum atomic E-state index is -3.65. The van der Waals surface area contributed by atoms with Crippen molar-refractivity contribution in [3.63, 3.8) is 0 Å². The van der Waals surface area contributed by atoms with Crippen molar-refractivity contribution in [2.75, 3.05) is 4.72 Å². The molecule has 0 saturated heterocycles. The number of thiophene rings is 1. The maximum absolute atomic E-state index is 12.5. The molecule has 1 aromatic heterocycles. The van der Waals surface area contributed by atoms with Gasteiger partial charge in [-0.25, -0.2) is 8.42 Å². The summed E-state index contributed by atoms with van der Waals surface area (Å²) in [5.74, 6) is 0. The number of benzene rings is 1. The van der Waals surface area contributed by atoms with Crippen LogP contribution in [-0.4, -0.2) is 8.42 Å². The van der Waals surface area contributed by atoms with Crippen molar-refractivity contribution < 1.29 is 8.42 Å². The number of hydrogen-bond acceptors (Lipinski definition) is 4. The summed E-state index contributed by atoms with van der Waals surface area (Å²) in [6, 6.07) is 5.05. The number of nitrogens with one attached hydrogen (secondary N) is 1. The molecule has 108 valence electrons. The van der Waals surface area contributed by atoms with E-state index in [4.69, 9.17) is 17.3 Å². The van der Waals surface area contributed by atoms with E-state index in [0.29, 0.717) is 21.2 Å². The first-order valence-electron chi connectivity index (χ1n) is 5.91. The number of aryl methyl sites for hydroxylation is 2. The molecule has 1 aromatic carbocycles. The Morgan fingerprint density at radius 3 is 2.60 bits per heavy atom. The van der Waals surface area contributed by atoms with Crippen LogP contribution in [0.3, 0.4) is 0 Å². The highest BCUT2D eigenvalue weighted by atomic mass is 35.5. The van der Waals surface area contributed by atoms with E-state index in [1.807, 2.05) is 6.92 Å². The van der Waals surface area contributed by atoms with E-state index in [1.54, 1.807) is 30.5 Å². The van der Waals surface area contributed by atoms with Crippen molar-refractivity contribution >= 4 is 38.6 Å². The Kier molecular flexibility index (Phi) is 4.39. The predicted molar refractivity (Wildman–Crippen MR) is 83.9 cm³/mol. The van der Waals surface area contributed by atoms with Crippen molar-refractivity contribution in [3.05, 3.63) is 44.6 Å². The summed E-state index contributed by atoms with van der Waals surface area (Å²) in [7, 11) is -3.65. The third-order valence-electron chi connectivity index (χ3n) is 2.87. The molecule has 2 rings (SSSR count). The third kappa shape index (κ3) is 2.98. The second kappa shape index (κ2) is 5.73. The molecule has 0 fully saturated rings. The molecule has 0 aliphatic heterocycles. The van der Waals surface area contributed by atoms with Crippen molar-refractivity contribution in [2.45, 2.75) is 25.3 Å². The minimum Gasteiger partial charge on any atom is -0.326 e. The quantitative estimate of drug-likeness (QED) is 0.903. The van der Waals surface area contributed by atoms with Gasteiger partial charge in [-0.15, -0.1) is 11.3 Å². The average Bonchev–Trinajstić information content (AvgIpc) is 2.75. The SMILES string of the molecule is Cc1ccc(NS(=O)(=O)c2c(C)csc2CN)cc1Cl. The zero-order valence-electron chi connectivity index (χ0n) is 11.1. The summed E-state index contributed by atoms with van der Waals surface area (Å²) in [6.07, 6.45) is 0. The largest absolute Gasteiger partial charge is 0.326 e. The second-order valence-electron chi connectivity index (χ2n) is 4.44. The molecule has 0 atom stereocenters. The molecule has 0 amide bonds. The van der Waals surface area contributed by atoms with Gasteiger partial charge in [0.2, 0.25) is 0 Å². The van der Waals surface area contributed by atoms with Crippen LogP contribution in [0.5, 0.6) is 0 Å². The summed E-state index contributed by atoms with van der Waals surface area (Å²) in [6.45, 7) is 3.81. The zero-order chi connectivity index (χ0) is 14.9. The Balaban J connectivity index is 2.40. The maximum Gasteiger partial charge on any atom is 0.263 e. The molecule has 0 spiro atoms. The van der Waals surface area contributed by atoms with Crippen LogP contribution in [0.1, 0.15) is 16.0 Å². The number of halogens is 1. The molecule has 7 heteroatoms. The molecule has 0 bridgehead atoms. The Bertz CT molecular complexity index is 739. The summed E-state index contributed by atoms with van der Waals surface area (Å²) >= 11 is 7.35. The van der Waals surface area contributed by atoms with Crippen LogP contribution in [0.15, 0.2) is 28.5 Å². The molecule has 1 heterocycles. The van der Waals surface area contributed by atoms with E-state index in [9.17, 15) is 8.42 Å². The lowest BCUT2D eigenvalue weighted by Crippen LogP contribution is -2.15. The molecular formula is C13H15ClN2O2S2. The van der Waals surface area contributed by atoms with E-state index < -0.39 is 10.0 Å². The van der Waals surface area contributed by atoms with Crippen LogP contribution in [0.4, 0.5) is 5.69 Å². The van der Waals surface area contributed by atoms with Crippen LogP contribution < -0.4 is 10.5 Å². The standard InChI is InChI=1S/C13H15ClN2O2S2/c1-8-3-4-10(5-11(8)14)16-20(17,18)13-9(2)7-19-12(13)6-15/h3-5,7,16H,6,15H2,1-2H3. The monoisotopic (exact) mass is 330 g/mol. The Labute approximate surface area is 127 Å². The summed E-state index contributed by atoms with van der Waals surface area (Å²) in [5, 5.41) is 2.31. The molecular weight excluding hydrogens is 316 g/mol. The van der Waals surface area contributed by atoms with Gasteiger partial charge in [0.1, 0.15) is 4.90 Å². The molecule has 0 radical (unpaired) electrons. The van der Waals surface area contributed by atoms with Crippen LogP contribution in [0, 0.1) is 13.8 Å². The van der Waals surface area contributed by atoms with E-state index in [0.717, 1.165) is 5.56 Å². The smallest absolute Gasteiger partial charge is 0.263 e. The van der Waals surface area contributed by atoms with Gasteiger partial charge >= 0.3 is 0 Å². The lowest BCUT2D eigenvalue weighted by Gasteiger charge is -2.10. The highest BCUT2D eigenvalue weighted by Gasteiger charge is 2.22. The summed E-state index contributed by atoms with van der Waals surface area (Å²) in [4.78, 5) is 0.912. The summed E-state index contributed by atoms with van der Waals surface area (Å²) in [5.41, 5.74) is 7.62. The molecule has 3 N–H and O–H groups in total. The molecule has 0 unspecified atom stereocenters. The Morgan fingerprint density at radius 1 is 1.30 bits per heavy atom. The van der Waals surface area contributed by atoms with Gasteiger partial charge < -0.3 is 5.73 Å². The van der Waals surface area contributed by atoms with Gasteiger partial charge in [-0.1, -0.05) is 17.7 Å². The average molecular weight is 331 g/mol. The first kappa shape index (κ1) is 15.3. The van der Waals surface area contributed by atoms with E-state index >= 15 is 0 Å². The molecule has 4 nitrogen and oxygen atoms in total. The fraction of sp³-hybridized carbons (Fsp3) is 0.231. The van der Waals surface area contributed by atoms with Crippen molar-refractivity contribution in [1.29, 1.82) is 0 Å². The normalized spacial score (nSPS) is 11.6. The Morgan fingerprint density at radius 2 is 2.00 bits per heavy atom. The fourth-order valence-corrected chi connectivity index (χ4v) is 4.79. The first-order chi connectivity index (χ1) is 9.35. The zero-order valence-corrected chi connectivity index (χ0v) is 13.5. The van der Waals surface area contributed by atoms with Crippen LogP contribution in [-0.2, 0) is 16.6 Å². The van der Waals surface area contributed by atoms with Crippen LogP contribution >= 0.6 is 22.9 Å². The van der Waals surface area contributed by atoms with E-state index in [1.165, 1.54) is 11.3 Å². The third-order valence-corrected chi connectivity index (χ3v) is 6.14. The van der Waals surface area contributed by atoms with Crippen LogP contribution in [0.25, 0.3) is 0 Å². The van der Waals surface area contributed by atoms with E-state index in [2.05, 4.69) is 4.72 Å². The highest BCUT2D eigenvalue weighted by Crippen LogP contribution is 2.29. The highest BCUT2D eigenvalue weighted by molar-refractivity contribution is 7.93. The van der Waals surface area contributed by atoms with Crippen molar-refractivity contribution in [3.8, 4) is 0 Å². The maximum atomic E-state index is 12.5. The van der Waals surface area contributed by atoms with Crippen molar-refractivity contribution in [1.82, 2.24) is 0 Å². The molecule has 0 aliphatic rings. The number of nitrogens with two attached hydrogens (primary N) is 1. The minimum absolute atomic E-state index is 0.198. The molecule has 0 aliphatic carbocycles. The van der Waals surface area contributed by atoms with Crippen LogP contribution in [0.2, 0.25) is 5.02 Å². The van der Waals surface area contributed by atoms with Gasteiger partial charge in [-0.05, 0) is 42.5 Å². The lowest BCUT2D eigenvalue weighted by atomic mass is 10.2. The Hall–Kier alpha value is -1.08. The predicted octanol–water partition coefficient (Wildman–Crippen LogP) is 3.28. The van der Waals surface area contributed by atoms with Gasteiger partial charge in [0.05, 0.1) is 5.69 Å². The topological polar surface area (TPSA) is 72.2 Å². The number of hydrogen-bond donors (Lipinski definition) is 2. The molecule has 20 heavy (non-hydrogen) atoms. The molecule has 0 saturated carbocycles. The summed E-state index contributed by atoms with van der Waals surface area (Å²) < 4.78 is 27.5. The van der Waals surface area contributed by atoms with Gasteiger partial charge in [-0.2, -0.15) is 0 Å². The van der Waals surface area contributed by atoms with E-state index in [-0.39, 0.29) is 11.4 Å². The van der Waals surface area contributed by atoms with Gasteiger partial charge in [0, 0.05) is 16.4 Å². The van der Waals surface area contributed by atoms with Gasteiger partial charge in [0.15, 0.2) is 0 Å². The van der Waals surface area contributed by atoms with Crippen molar-refractivity contribution in [2.24, 2.45) is 5.73 Å². The number of rotatable bonds is 4. The number of sulfonamides is 1. The van der Waals surface area contributed by atoms with Gasteiger partial charge in [0.25, 0.3) is 10.0 Å². The fourth-order valence-electron chi connectivity index (χ4n) is 1.85. The molecule has 2 aromatic rings. The van der Waals surface area contributed by atoms with Gasteiger partial charge in [-0.3, -0.25) is 4.72 Å².